The minimum atomic E-state index is -5.01. The number of likely N-dealkylation sites (tertiary alicyclic amines) is 1. The van der Waals surface area contributed by atoms with E-state index in [2.05, 4.69) is 20.1 Å². The third-order valence-corrected chi connectivity index (χ3v) is 9.51. The Morgan fingerprint density at radius 3 is 1.96 bits per heavy atom. The number of methoxy groups -OCH3 is 1. The number of carbonyl (C=O) groups is 2. The maximum absolute atomic E-state index is 13.8. The molecule has 1 unspecified atom stereocenters. The van der Waals surface area contributed by atoms with Crippen LogP contribution in [0.3, 0.4) is 0 Å². The molecule has 1 saturated heterocycles. The molecular weight excluding hydrogens is 672 g/mol. The minimum absolute atomic E-state index is 0.0907. The largest absolute Gasteiger partial charge is 0.469 e. The number of halogens is 6. The van der Waals surface area contributed by atoms with Crippen LogP contribution in [0.5, 0.6) is 0 Å². The van der Waals surface area contributed by atoms with Gasteiger partial charge in [-0.05, 0) is 75.1 Å². The van der Waals surface area contributed by atoms with Crippen molar-refractivity contribution >= 4 is 18.0 Å². The molecule has 11 nitrogen and oxygen atoms in total. The van der Waals surface area contributed by atoms with Gasteiger partial charge in [-0.15, -0.1) is 0 Å². The first kappa shape index (κ1) is 36.8. The zero-order valence-corrected chi connectivity index (χ0v) is 27.8. The molecule has 272 valence electrons. The van der Waals surface area contributed by atoms with Crippen molar-refractivity contribution in [2.75, 3.05) is 12.0 Å². The van der Waals surface area contributed by atoms with Gasteiger partial charge in [0.1, 0.15) is 24.4 Å². The van der Waals surface area contributed by atoms with E-state index < -0.39 is 35.6 Å². The van der Waals surface area contributed by atoms with E-state index in [1.165, 1.54) is 36.8 Å². The standard InChI is InChI=1S/C33H39F6N7O4/c1-4-24-13-26(14-25(5-2)46(24)31(48)50-28-8-6-21(7-9-28)29(47)49-3)44(30-41-15-27(16-42-30)45-19-40-18-43-45)17-20-10-22(32(34,35)36)12-23(11-20)33(37,38)39/h10-12,15-16,18-19,21,24-26,28H,4-9,13-14,17H2,1-3H3/t21?,24-,25+,26?,28?. The minimum Gasteiger partial charge on any atom is -0.469 e. The van der Waals surface area contributed by atoms with Crippen molar-refractivity contribution in [1.82, 2.24) is 29.6 Å². The number of rotatable bonds is 9. The highest BCUT2D eigenvalue weighted by molar-refractivity contribution is 5.72. The van der Waals surface area contributed by atoms with Crippen LogP contribution in [-0.4, -0.2) is 73.0 Å². The summed E-state index contributed by atoms with van der Waals surface area (Å²) >= 11 is 0. The Morgan fingerprint density at radius 1 is 0.900 bits per heavy atom. The molecule has 0 N–H and O–H groups in total. The van der Waals surface area contributed by atoms with E-state index in [9.17, 15) is 35.9 Å². The smallest absolute Gasteiger partial charge is 0.416 e. The second-order valence-corrected chi connectivity index (χ2v) is 12.7. The molecule has 2 aromatic heterocycles. The molecule has 0 bridgehead atoms. The molecule has 2 aliphatic rings. The molecule has 1 aliphatic heterocycles. The third-order valence-electron chi connectivity index (χ3n) is 9.51. The molecule has 1 amide bonds. The molecule has 3 aromatic rings. The normalized spacial score (nSPS) is 23.0. The molecule has 1 saturated carbocycles. The van der Waals surface area contributed by atoms with Gasteiger partial charge in [-0.2, -0.15) is 31.4 Å². The Balaban J connectivity index is 1.43. The van der Waals surface area contributed by atoms with E-state index in [0.717, 1.165) is 0 Å². The molecule has 0 spiro atoms. The van der Waals surface area contributed by atoms with Gasteiger partial charge in [0.25, 0.3) is 0 Å². The summed E-state index contributed by atoms with van der Waals surface area (Å²) in [7, 11) is 1.34. The highest BCUT2D eigenvalue weighted by atomic mass is 19.4. The van der Waals surface area contributed by atoms with Crippen molar-refractivity contribution in [1.29, 1.82) is 0 Å². The first-order valence-electron chi connectivity index (χ1n) is 16.5. The number of amides is 1. The van der Waals surface area contributed by atoms with Crippen molar-refractivity contribution in [3.63, 3.8) is 0 Å². The first-order chi connectivity index (χ1) is 23.7. The Labute approximate surface area is 285 Å². The summed E-state index contributed by atoms with van der Waals surface area (Å²) in [6.45, 7) is 3.44. The lowest BCUT2D eigenvalue weighted by Gasteiger charge is -2.47. The van der Waals surface area contributed by atoms with Crippen LogP contribution in [0.1, 0.15) is 81.9 Å². The Bertz CT molecular complexity index is 1550. The van der Waals surface area contributed by atoms with E-state index in [1.807, 2.05) is 13.8 Å². The van der Waals surface area contributed by atoms with Crippen LogP contribution in [0.15, 0.2) is 43.2 Å². The van der Waals surface area contributed by atoms with Gasteiger partial charge in [-0.25, -0.2) is 24.4 Å². The van der Waals surface area contributed by atoms with E-state index >= 15 is 0 Å². The number of ether oxygens (including phenoxy) is 2. The SMILES string of the molecule is CC[C@@H]1CC(N(Cc2cc(C(F)(F)F)cc(C(F)(F)F)c2)c2ncc(-n3cncn3)cn2)C[C@H](CC)N1C(=O)OC1CCC(C(=O)OC)CC1. The number of anilines is 1. The molecule has 3 heterocycles. The second-order valence-electron chi connectivity index (χ2n) is 12.7. The van der Waals surface area contributed by atoms with Gasteiger partial charge in [0.05, 0.1) is 36.5 Å². The molecule has 1 aromatic carbocycles. The number of benzene rings is 1. The van der Waals surface area contributed by atoms with Crippen LogP contribution in [0, 0.1) is 5.92 Å². The van der Waals surface area contributed by atoms with Crippen LogP contribution in [0.4, 0.5) is 37.1 Å². The van der Waals surface area contributed by atoms with Crippen LogP contribution in [0.2, 0.25) is 0 Å². The third kappa shape index (κ3) is 8.46. The van der Waals surface area contributed by atoms with E-state index in [0.29, 0.717) is 69.2 Å². The van der Waals surface area contributed by atoms with Gasteiger partial charge < -0.3 is 19.3 Å². The van der Waals surface area contributed by atoms with Crippen LogP contribution in [0.25, 0.3) is 5.69 Å². The average Bonchev–Trinajstić information content (AvgIpc) is 3.64. The summed E-state index contributed by atoms with van der Waals surface area (Å²) in [4.78, 5) is 41.7. The summed E-state index contributed by atoms with van der Waals surface area (Å²) < 4.78 is 95.0. The monoisotopic (exact) mass is 711 g/mol. The number of hydrogen-bond donors (Lipinski definition) is 0. The number of nitrogens with zero attached hydrogens (tertiary/aromatic N) is 7. The summed E-state index contributed by atoms with van der Waals surface area (Å²) in [6, 6.07) is 0.335. The maximum Gasteiger partial charge on any atom is 0.416 e. The van der Waals surface area contributed by atoms with Gasteiger partial charge >= 0.3 is 24.4 Å². The van der Waals surface area contributed by atoms with Crippen molar-refractivity contribution in [2.24, 2.45) is 5.92 Å². The van der Waals surface area contributed by atoms with Crippen molar-refractivity contribution in [3.8, 4) is 5.69 Å². The quantitative estimate of drug-likeness (QED) is 0.171. The Kier molecular flexibility index (Phi) is 11.2. The molecule has 1 aliphatic carbocycles. The topological polar surface area (TPSA) is 116 Å². The maximum atomic E-state index is 13.8. The van der Waals surface area contributed by atoms with Gasteiger partial charge in [0.2, 0.25) is 5.95 Å². The molecule has 2 fully saturated rings. The molecule has 17 heteroatoms. The molecule has 50 heavy (non-hydrogen) atoms. The fourth-order valence-electron chi connectivity index (χ4n) is 6.91. The lowest BCUT2D eigenvalue weighted by molar-refractivity contribution is -0.147. The fourth-order valence-corrected chi connectivity index (χ4v) is 6.91. The fraction of sp³-hybridized carbons (Fsp3) is 0.576. The summed E-state index contributed by atoms with van der Waals surface area (Å²) in [5.74, 6) is -0.428. The molecule has 3 atom stereocenters. The Hall–Kier alpha value is -4.44. The Morgan fingerprint density at radius 2 is 1.48 bits per heavy atom. The van der Waals surface area contributed by atoms with Crippen LogP contribution < -0.4 is 4.90 Å². The molecule has 0 radical (unpaired) electrons. The first-order valence-corrected chi connectivity index (χ1v) is 16.5. The highest BCUT2D eigenvalue weighted by Crippen LogP contribution is 2.39. The summed E-state index contributed by atoms with van der Waals surface area (Å²) in [5.41, 5.74) is -2.61. The number of alkyl halides is 6. The summed E-state index contributed by atoms with van der Waals surface area (Å²) in [6.07, 6.45) is -1.47. The second kappa shape index (κ2) is 15.2. The number of esters is 1. The highest BCUT2D eigenvalue weighted by Gasteiger charge is 2.42. The lowest BCUT2D eigenvalue weighted by atomic mass is 9.87. The van der Waals surface area contributed by atoms with Gasteiger partial charge in [0, 0.05) is 24.7 Å². The zero-order chi connectivity index (χ0) is 36.2. The molecule has 5 rings (SSSR count). The van der Waals surface area contributed by atoms with Gasteiger partial charge in [-0.3, -0.25) is 4.79 Å². The number of carbonyl (C=O) groups excluding carboxylic acids is 2. The van der Waals surface area contributed by atoms with Crippen molar-refractivity contribution in [3.05, 3.63) is 59.9 Å². The van der Waals surface area contributed by atoms with Crippen LogP contribution in [-0.2, 0) is 33.2 Å². The number of aromatic nitrogens is 5. The number of piperidine rings is 1. The van der Waals surface area contributed by atoms with E-state index in [4.69, 9.17) is 9.47 Å². The van der Waals surface area contributed by atoms with Crippen molar-refractivity contribution in [2.45, 2.75) is 108 Å². The van der Waals surface area contributed by atoms with E-state index in [-0.39, 0.29) is 54.2 Å². The number of hydrogen-bond acceptors (Lipinski definition) is 9. The van der Waals surface area contributed by atoms with Crippen molar-refractivity contribution < 1.29 is 45.4 Å². The predicted octanol–water partition coefficient (Wildman–Crippen LogP) is 6.99. The van der Waals surface area contributed by atoms with Gasteiger partial charge in [0.15, 0.2) is 0 Å². The average molecular weight is 712 g/mol. The molecular formula is C33H39F6N7O4. The zero-order valence-electron chi connectivity index (χ0n) is 27.8. The predicted molar refractivity (Wildman–Crippen MR) is 167 cm³/mol. The van der Waals surface area contributed by atoms with E-state index in [1.54, 1.807) is 9.80 Å². The summed E-state index contributed by atoms with van der Waals surface area (Å²) in [5, 5.41) is 4.04. The lowest BCUT2D eigenvalue weighted by Crippen LogP contribution is -2.57. The van der Waals surface area contributed by atoms with Gasteiger partial charge in [-0.1, -0.05) is 13.8 Å². The van der Waals surface area contributed by atoms with Crippen LogP contribution >= 0.6 is 0 Å².